The number of allylic oxidation sites excluding steroid dienone is 4. The maximum absolute atomic E-state index is 14.9. The van der Waals surface area contributed by atoms with Gasteiger partial charge in [0.15, 0.2) is 6.29 Å². The van der Waals surface area contributed by atoms with Crippen LogP contribution in [0.2, 0.25) is 0 Å². The van der Waals surface area contributed by atoms with E-state index in [2.05, 4.69) is 49.7 Å². The summed E-state index contributed by atoms with van der Waals surface area (Å²) in [5, 5.41) is 31.3. The van der Waals surface area contributed by atoms with Gasteiger partial charge in [0, 0.05) is 30.0 Å². The Kier molecular flexibility index (Phi) is 14.9. The summed E-state index contributed by atoms with van der Waals surface area (Å²) < 4.78 is 41.9. The Labute approximate surface area is 343 Å². The molecule has 0 aromatic carbocycles. The number of carbonyl (C=O) groups is 1. The molecule has 57 heavy (non-hydrogen) atoms. The van der Waals surface area contributed by atoms with E-state index in [-0.39, 0.29) is 36.8 Å². The highest BCUT2D eigenvalue weighted by molar-refractivity contribution is 8.76. The van der Waals surface area contributed by atoms with Crippen LogP contribution in [0.25, 0.3) is 0 Å². The van der Waals surface area contributed by atoms with Crippen LogP contribution in [0.5, 0.6) is 0 Å². The third-order valence-electron chi connectivity index (χ3n) is 13.3. The first-order valence-electron chi connectivity index (χ1n) is 20.8. The van der Waals surface area contributed by atoms with E-state index in [1.165, 1.54) is 58.9 Å². The molecule has 1 aromatic heterocycles. The summed E-state index contributed by atoms with van der Waals surface area (Å²) >= 11 is 0. The molecule has 0 aliphatic heterocycles. The Morgan fingerprint density at radius 3 is 2.65 bits per heavy atom. The lowest BCUT2D eigenvalue weighted by molar-refractivity contribution is -0.149. The van der Waals surface area contributed by atoms with Gasteiger partial charge in [0.25, 0.3) is 5.92 Å². The van der Waals surface area contributed by atoms with Crippen LogP contribution < -0.4 is 11.4 Å². The molecule has 6 rings (SSSR count). The number of rotatable bonds is 17. The first-order valence-corrected chi connectivity index (χ1v) is 23.3. The van der Waals surface area contributed by atoms with Crippen molar-refractivity contribution in [3.05, 3.63) is 70.3 Å². The molecule has 5 fully saturated rings. The fraction of sp³-hybridized carbons (Fsp3) is 0.698. The molecule has 10 nitrogen and oxygen atoms in total. The third-order valence-corrected chi connectivity index (χ3v) is 15.7. The number of nitrogens with two attached hydrogens (primary N) is 1. The topological polar surface area (TPSA) is 157 Å². The maximum Gasteiger partial charge on any atom is 0.349 e. The fourth-order valence-electron chi connectivity index (χ4n) is 9.85. The number of carbonyl (C=O) groups excluding carboxylic acids is 1. The van der Waals surface area contributed by atoms with Crippen molar-refractivity contribution in [2.24, 2.45) is 35.0 Å². The van der Waals surface area contributed by atoms with E-state index in [4.69, 9.17) is 15.2 Å². The van der Waals surface area contributed by atoms with Gasteiger partial charge in [-0.3, -0.25) is 9.36 Å². The SMILES string of the molecule is C=C1/C(=C\C=C2/CCC[C@@]3(C)C2CCC3[C@@H](C)/C=C/C(OC(O)CCSSCCC(=O)OCC2CC(n3ccc(N)nc3=O)C(F)(F)C2O)C2CC2)CCC[C@@H]1O. The molecule has 10 atom stereocenters. The molecule has 0 spiro atoms. The molecule has 1 heterocycles. The minimum Gasteiger partial charge on any atom is -0.465 e. The number of anilines is 1. The summed E-state index contributed by atoms with van der Waals surface area (Å²) in [7, 11) is 2.97. The number of nitrogen functional groups attached to an aromatic ring is 1. The molecule has 0 bridgehead atoms. The summed E-state index contributed by atoms with van der Waals surface area (Å²) in [4.78, 5) is 28.0. The predicted molar refractivity (Wildman–Crippen MR) is 221 cm³/mol. The highest BCUT2D eigenvalue weighted by atomic mass is 33.1. The van der Waals surface area contributed by atoms with E-state index in [9.17, 15) is 33.7 Å². The van der Waals surface area contributed by atoms with Crippen molar-refractivity contribution in [2.45, 2.75) is 134 Å². The van der Waals surface area contributed by atoms with Crippen LogP contribution in [0.4, 0.5) is 14.6 Å². The molecule has 0 amide bonds. The summed E-state index contributed by atoms with van der Waals surface area (Å²) in [5.41, 5.74) is 8.42. The van der Waals surface area contributed by atoms with Crippen LogP contribution in [0.3, 0.4) is 0 Å². The second kappa shape index (κ2) is 19.3. The number of esters is 1. The van der Waals surface area contributed by atoms with E-state index < -0.39 is 48.0 Å². The summed E-state index contributed by atoms with van der Waals surface area (Å²) in [6.45, 7) is 8.60. The molecule has 0 radical (unpaired) electrons. The van der Waals surface area contributed by atoms with Crippen LogP contribution in [-0.2, 0) is 14.3 Å². The maximum atomic E-state index is 14.9. The van der Waals surface area contributed by atoms with Crippen molar-refractivity contribution >= 4 is 33.4 Å². The molecule has 5 N–H and O–H groups in total. The minimum absolute atomic E-state index is 0.0605. The molecular formula is C43H61F2N3O7S2. The van der Waals surface area contributed by atoms with E-state index in [0.29, 0.717) is 41.6 Å². The lowest BCUT2D eigenvalue weighted by Crippen LogP contribution is -2.41. The van der Waals surface area contributed by atoms with Gasteiger partial charge in [0.1, 0.15) is 18.0 Å². The quantitative estimate of drug-likeness (QED) is 0.0404. The van der Waals surface area contributed by atoms with Gasteiger partial charge in [-0.05, 0) is 117 Å². The zero-order valence-corrected chi connectivity index (χ0v) is 34.9. The number of nitrogens with zero attached hydrogens (tertiary/aromatic N) is 2. The molecule has 5 aliphatic carbocycles. The molecule has 7 unspecified atom stereocenters. The number of aliphatic hydroxyl groups excluding tert-OH is 3. The van der Waals surface area contributed by atoms with Crippen molar-refractivity contribution in [2.75, 3.05) is 23.8 Å². The summed E-state index contributed by atoms with van der Waals surface area (Å²) in [5.74, 6) is -2.29. The molecule has 1 aromatic rings. The largest absolute Gasteiger partial charge is 0.465 e. The van der Waals surface area contributed by atoms with Gasteiger partial charge in [0.05, 0.1) is 25.2 Å². The van der Waals surface area contributed by atoms with Crippen LogP contribution in [0.1, 0.15) is 103 Å². The number of fused-ring (bicyclic) bond motifs is 1. The minimum atomic E-state index is -3.61. The number of hydrogen-bond acceptors (Lipinski definition) is 11. The fourth-order valence-corrected chi connectivity index (χ4v) is 11.9. The predicted octanol–water partition coefficient (Wildman–Crippen LogP) is 7.56. The summed E-state index contributed by atoms with van der Waals surface area (Å²) in [6.07, 6.45) is 18.0. The number of alkyl halides is 2. The monoisotopic (exact) mass is 833 g/mol. The van der Waals surface area contributed by atoms with Crippen LogP contribution in [0, 0.1) is 35.0 Å². The molecule has 316 valence electrons. The standard InChI is InChI=1S/C43H61F2N3O7S2/c1-26(32-14-15-33-29(7-5-20-42(32,33)3)11-10-28-6-4-8-34(49)27(28)2)9-16-35(30-12-13-30)55-39(51)19-23-57-56-22-18-38(50)54-25-31-24-36(43(44,45)40(31)52)48-21-17-37(46)47-41(48)53/h9-11,16-17,21,26,30-36,39-40,49,51-52H,2,4-8,12-15,18-20,22-25H2,1,3H3,(H2,46,47,53)/b16-9+,28-10-,29-11+/t26-,31?,32?,33?,34-,35?,36?,39?,40?,42+/m0/s1. The average molecular weight is 834 g/mol. The first-order chi connectivity index (χ1) is 27.2. The van der Waals surface area contributed by atoms with Gasteiger partial charge in [-0.15, -0.1) is 0 Å². The Balaban J connectivity index is 0.892. The number of aromatic nitrogens is 2. The zero-order chi connectivity index (χ0) is 40.9. The van der Waals surface area contributed by atoms with Gasteiger partial charge in [0.2, 0.25) is 0 Å². The van der Waals surface area contributed by atoms with Gasteiger partial charge in [-0.25, -0.2) is 13.6 Å². The van der Waals surface area contributed by atoms with E-state index >= 15 is 0 Å². The second-order valence-corrected chi connectivity index (χ2v) is 19.8. The average Bonchev–Trinajstić information content (AvgIpc) is 3.91. The Morgan fingerprint density at radius 1 is 1.12 bits per heavy atom. The van der Waals surface area contributed by atoms with Gasteiger partial charge in [-0.1, -0.05) is 71.9 Å². The second-order valence-electron chi connectivity index (χ2n) is 17.1. The molecule has 14 heteroatoms. The van der Waals surface area contributed by atoms with Crippen molar-refractivity contribution in [3.63, 3.8) is 0 Å². The lowest BCUT2D eigenvalue weighted by Gasteiger charge is -2.44. The van der Waals surface area contributed by atoms with Crippen molar-refractivity contribution in [1.82, 2.24) is 9.55 Å². The highest BCUT2D eigenvalue weighted by Crippen LogP contribution is 2.59. The third kappa shape index (κ3) is 10.6. The zero-order valence-electron chi connectivity index (χ0n) is 33.3. The molecular weight excluding hydrogens is 773 g/mol. The van der Waals surface area contributed by atoms with Gasteiger partial charge in [-0.2, -0.15) is 4.98 Å². The van der Waals surface area contributed by atoms with Crippen molar-refractivity contribution in [3.8, 4) is 0 Å². The summed E-state index contributed by atoms with van der Waals surface area (Å²) in [6, 6.07) is -0.387. The Morgan fingerprint density at radius 2 is 1.89 bits per heavy atom. The van der Waals surface area contributed by atoms with Crippen molar-refractivity contribution in [1.29, 1.82) is 0 Å². The number of hydrogen-bond donors (Lipinski definition) is 4. The van der Waals surface area contributed by atoms with Crippen LogP contribution >= 0.6 is 21.6 Å². The normalized spacial score (nSPS) is 33.1. The number of aliphatic hydroxyl groups is 3. The van der Waals surface area contributed by atoms with E-state index in [1.54, 1.807) is 5.57 Å². The van der Waals surface area contributed by atoms with Crippen molar-refractivity contribution < 1.29 is 38.4 Å². The first kappa shape index (κ1) is 44.1. The van der Waals surface area contributed by atoms with E-state index in [0.717, 1.165) is 54.9 Å². The molecule has 5 aliphatic rings. The van der Waals surface area contributed by atoms with Crippen LogP contribution in [0.15, 0.2) is 64.7 Å². The van der Waals surface area contributed by atoms with Gasteiger partial charge >= 0.3 is 11.7 Å². The number of halogens is 2. The Bertz CT molecular complexity index is 1730. The number of ether oxygens (including phenoxy) is 2. The molecule has 5 saturated carbocycles. The van der Waals surface area contributed by atoms with Crippen LogP contribution in [-0.4, -0.2) is 79.5 Å². The highest BCUT2D eigenvalue weighted by Gasteiger charge is 2.58. The van der Waals surface area contributed by atoms with Gasteiger partial charge < -0.3 is 30.5 Å². The smallest absolute Gasteiger partial charge is 0.349 e. The molecule has 0 saturated heterocycles. The Hall–Kier alpha value is -2.49. The lowest BCUT2D eigenvalue weighted by atomic mass is 9.61. The van der Waals surface area contributed by atoms with E-state index in [1.807, 2.05) is 0 Å².